The predicted molar refractivity (Wildman–Crippen MR) is 82.3 cm³/mol. The lowest BCUT2D eigenvalue weighted by atomic mass is 9.96. The van der Waals surface area contributed by atoms with Crippen LogP contribution in [0.4, 0.5) is 5.69 Å². The van der Waals surface area contributed by atoms with Crippen LogP contribution in [-0.4, -0.2) is 34.6 Å². The van der Waals surface area contributed by atoms with Gasteiger partial charge >= 0.3 is 0 Å². The third kappa shape index (κ3) is 4.02. The molecule has 0 aromatic heterocycles. The zero-order valence-corrected chi connectivity index (χ0v) is 12.8. The van der Waals surface area contributed by atoms with Crippen LogP contribution in [0.2, 0.25) is 0 Å². The summed E-state index contributed by atoms with van der Waals surface area (Å²) < 4.78 is 0. The summed E-state index contributed by atoms with van der Waals surface area (Å²) in [4.78, 5) is 13.2. The largest absolute Gasteiger partial charge is 0.396 e. The average Bonchev–Trinajstić information content (AvgIpc) is 2.47. The monoisotopic (exact) mass is 292 g/mol. The van der Waals surface area contributed by atoms with Crippen molar-refractivity contribution in [2.45, 2.75) is 39.2 Å². The first kappa shape index (κ1) is 15.9. The fourth-order valence-electron chi connectivity index (χ4n) is 2.92. The number of piperidine rings is 1. The number of benzene rings is 1. The Balaban J connectivity index is 2.07. The van der Waals surface area contributed by atoms with Crippen molar-refractivity contribution in [2.24, 2.45) is 5.92 Å². The first-order valence-electron chi connectivity index (χ1n) is 7.61. The number of hydrogen-bond acceptors (Lipinski definition) is 4. The van der Waals surface area contributed by atoms with Gasteiger partial charge in [-0.2, -0.15) is 0 Å². The van der Waals surface area contributed by atoms with Gasteiger partial charge < -0.3 is 5.11 Å². The molecule has 116 valence electrons. The minimum atomic E-state index is -0.281. The van der Waals surface area contributed by atoms with E-state index in [0.717, 1.165) is 43.6 Å². The Morgan fingerprint density at radius 3 is 2.57 bits per heavy atom. The molecule has 21 heavy (non-hydrogen) atoms. The maximum absolute atomic E-state index is 11.2. The number of likely N-dealkylation sites (tertiary alicyclic amines) is 1. The van der Waals surface area contributed by atoms with Crippen LogP contribution in [0.5, 0.6) is 0 Å². The third-order valence-corrected chi connectivity index (χ3v) is 4.29. The number of aliphatic hydroxyl groups excluding tert-OH is 1. The van der Waals surface area contributed by atoms with E-state index < -0.39 is 0 Å². The van der Waals surface area contributed by atoms with E-state index in [1.54, 1.807) is 6.07 Å². The summed E-state index contributed by atoms with van der Waals surface area (Å²) in [5, 5.41) is 20.4. The molecule has 1 aromatic rings. The third-order valence-electron chi connectivity index (χ3n) is 4.29. The van der Waals surface area contributed by atoms with Gasteiger partial charge in [-0.15, -0.1) is 0 Å². The van der Waals surface area contributed by atoms with E-state index in [1.807, 2.05) is 26.0 Å². The minimum Gasteiger partial charge on any atom is -0.396 e. The molecule has 1 aliphatic rings. The lowest BCUT2D eigenvalue weighted by Crippen LogP contribution is -2.34. The van der Waals surface area contributed by atoms with Gasteiger partial charge in [0, 0.05) is 24.8 Å². The van der Waals surface area contributed by atoms with Crippen LogP contribution in [0.25, 0.3) is 0 Å². The molecule has 0 aliphatic carbocycles. The standard InChI is InChI=1S/C16H24N2O3/c1-12(2)15-4-3-14(9-16(15)18(20)21)10-17-7-5-13(11-19)6-8-17/h3-4,9,12-13,19H,5-8,10-11H2,1-2H3. The predicted octanol–water partition coefficient (Wildman–Crippen LogP) is 2.92. The highest BCUT2D eigenvalue weighted by Crippen LogP contribution is 2.28. The van der Waals surface area contributed by atoms with Crippen molar-refractivity contribution in [2.75, 3.05) is 19.7 Å². The van der Waals surface area contributed by atoms with Gasteiger partial charge in [-0.25, -0.2) is 0 Å². The average molecular weight is 292 g/mol. The summed E-state index contributed by atoms with van der Waals surface area (Å²) in [5.41, 5.74) is 2.02. The van der Waals surface area contributed by atoms with Gasteiger partial charge in [0.1, 0.15) is 0 Å². The van der Waals surface area contributed by atoms with Gasteiger partial charge in [0.05, 0.1) is 4.92 Å². The molecule has 0 spiro atoms. The zero-order valence-electron chi connectivity index (χ0n) is 12.8. The van der Waals surface area contributed by atoms with Gasteiger partial charge in [-0.3, -0.25) is 15.0 Å². The van der Waals surface area contributed by atoms with Crippen LogP contribution in [0, 0.1) is 16.0 Å². The van der Waals surface area contributed by atoms with Crippen molar-refractivity contribution in [1.82, 2.24) is 4.90 Å². The Kier molecular flexibility index (Phi) is 5.31. The molecule has 0 bridgehead atoms. The summed E-state index contributed by atoms with van der Waals surface area (Å²) in [6, 6.07) is 5.60. The van der Waals surface area contributed by atoms with E-state index in [-0.39, 0.29) is 23.1 Å². The first-order chi connectivity index (χ1) is 10.0. The van der Waals surface area contributed by atoms with E-state index in [0.29, 0.717) is 5.92 Å². The van der Waals surface area contributed by atoms with E-state index >= 15 is 0 Å². The quantitative estimate of drug-likeness (QED) is 0.669. The Hall–Kier alpha value is -1.46. The molecule has 1 fully saturated rings. The van der Waals surface area contributed by atoms with Gasteiger partial charge in [-0.05, 0) is 43.3 Å². The Labute approximate surface area is 125 Å². The number of nitro groups is 1. The second kappa shape index (κ2) is 7.00. The summed E-state index contributed by atoms with van der Waals surface area (Å²) in [7, 11) is 0. The summed E-state index contributed by atoms with van der Waals surface area (Å²) >= 11 is 0. The van der Waals surface area contributed by atoms with Crippen LogP contribution in [0.3, 0.4) is 0 Å². The first-order valence-corrected chi connectivity index (χ1v) is 7.61. The molecule has 0 amide bonds. The van der Waals surface area contributed by atoms with Crippen LogP contribution in [0.15, 0.2) is 18.2 Å². The molecule has 5 nitrogen and oxygen atoms in total. The molecule has 0 atom stereocenters. The Morgan fingerprint density at radius 2 is 2.05 bits per heavy atom. The van der Waals surface area contributed by atoms with Crippen molar-refractivity contribution >= 4 is 5.69 Å². The molecule has 0 saturated carbocycles. The highest BCUT2D eigenvalue weighted by molar-refractivity contribution is 5.45. The van der Waals surface area contributed by atoms with Crippen LogP contribution < -0.4 is 0 Å². The molecule has 1 heterocycles. The zero-order chi connectivity index (χ0) is 15.4. The molecule has 5 heteroatoms. The summed E-state index contributed by atoms with van der Waals surface area (Å²) in [6.45, 7) is 6.86. The van der Waals surface area contributed by atoms with Crippen molar-refractivity contribution in [3.8, 4) is 0 Å². The normalized spacial score (nSPS) is 17.3. The SMILES string of the molecule is CC(C)c1ccc(CN2CCC(CO)CC2)cc1[N+](=O)[O-]. The fourth-order valence-corrected chi connectivity index (χ4v) is 2.92. The number of nitro benzene ring substituents is 1. The molecular formula is C16H24N2O3. The summed E-state index contributed by atoms with van der Waals surface area (Å²) in [6.07, 6.45) is 2.01. The van der Waals surface area contributed by atoms with E-state index in [2.05, 4.69) is 4.90 Å². The maximum atomic E-state index is 11.2. The van der Waals surface area contributed by atoms with Crippen LogP contribution >= 0.6 is 0 Å². The van der Waals surface area contributed by atoms with Crippen molar-refractivity contribution < 1.29 is 10.0 Å². The molecule has 2 rings (SSSR count). The molecule has 1 aromatic carbocycles. The van der Waals surface area contributed by atoms with Crippen molar-refractivity contribution in [3.05, 3.63) is 39.4 Å². The molecular weight excluding hydrogens is 268 g/mol. The molecule has 1 N–H and O–H groups in total. The van der Waals surface area contributed by atoms with Crippen LogP contribution in [-0.2, 0) is 6.54 Å². The molecule has 1 aliphatic heterocycles. The number of hydrogen-bond donors (Lipinski definition) is 1. The fraction of sp³-hybridized carbons (Fsp3) is 0.625. The van der Waals surface area contributed by atoms with Gasteiger partial charge in [0.2, 0.25) is 0 Å². The van der Waals surface area contributed by atoms with Gasteiger partial charge in [0.25, 0.3) is 5.69 Å². The van der Waals surface area contributed by atoms with E-state index in [1.165, 1.54) is 0 Å². The minimum absolute atomic E-state index is 0.153. The highest BCUT2D eigenvalue weighted by atomic mass is 16.6. The number of rotatable bonds is 5. The lowest BCUT2D eigenvalue weighted by Gasteiger charge is -2.31. The Bertz CT molecular complexity index is 494. The van der Waals surface area contributed by atoms with Crippen LogP contribution in [0.1, 0.15) is 43.7 Å². The topological polar surface area (TPSA) is 66.6 Å². The van der Waals surface area contributed by atoms with Crippen molar-refractivity contribution in [1.29, 1.82) is 0 Å². The maximum Gasteiger partial charge on any atom is 0.273 e. The molecule has 0 unspecified atom stereocenters. The number of aliphatic hydroxyl groups is 1. The van der Waals surface area contributed by atoms with E-state index in [9.17, 15) is 10.1 Å². The second-order valence-corrected chi connectivity index (χ2v) is 6.21. The van der Waals surface area contributed by atoms with Crippen molar-refractivity contribution in [3.63, 3.8) is 0 Å². The summed E-state index contributed by atoms with van der Waals surface area (Å²) in [5.74, 6) is 0.568. The lowest BCUT2D eigenvalue weighted by molar-refractivity contribution is -0.385. The van der Waals surface area contributed by atoms with Gasteiger partial charge in [-0.1, -0.05) is 26.0 Å². The Morgan fingerprint density at radius 1 is 1.38 bits per heavy atom. The number of nitrogens with zero attached hydrogens (tertiary/aromatic N) is 2. The molecule has 0 radical (unpaired) electrons. The smallest absolute Gasteiger partial charge is 0.273 e. The second-order valence-electron chi connectivity index (χ2n) is 6.21. The van der Waals surface area contributed by atoms with Gasteiger partial charge in [0.15, 0.2) is 0 Å². The van der Waals surface area contributed by atoms with E-state index in [4.69, 9.17) is 5.11 Å². The molecule has 1 saturated heterocycles. The highest BCUT2D eigenvalue weighted by Gasteiger charge is 2.21.